The van der Waals surface area contributed by atoms with Gasteiger partial charge in [0, 0.05) is 12.3 Å². The third kappa shape index (κ3) is 3.62. The lowest BCUT2D eigenvalue weighted by atomic mass is 9.96. The first kappa shape index (κ1) is 15.7. The molecule has 0 unspecified atom stereocenters. The number of amides is 1. The highest BCUT2D eigenvalue weighted by Crippen LogP contribution is 2.29. The molecule has 2 aromatic rings. The quantitative estimate of drug-likeness (QED) is 0.946. The van der Waals surface area contributed by atoms with Crippen molar-refractivity contribution in [3.05, 3.63) is 47.7 Å². The van der Waals surface area contributed by atoms with E-state index in [4.69, 9.17) is 4.74 Å². The molecule has 0 aliphatic carbocycles. The molecule has 1 aliphatic heterocycles. The van der Waals surface area contributed by atoms with E-state index in [-0.39, 0.29) is 17.6 Å². The summed E-state index contributed by atoms with van der Waals surface area (Å²) in [4.78, 5) is 12.3. The highest BCUT2D eigenvalue weighted by Gasteiger charge is 2.23. The van der Waals surface area contributed by atoms with Crippen LogP contribution in [0, 0.1) is 0 Å². The molecule has 1 aromatic carbocycles. The Morgan fingerprint density at radius 1 is 1.35 bits per heavy atom. The SMILES string of the molecule is CC(C)(C)n1ccc(NC(=O)C[C@H]2OCCc3ccccc32)n1. The number of hydrogen-bond donors (Lipinski definition) is 1. The van der Waals surface area contributed by atoms with E-state index in [9.17, 15) is 4.79 Å². The van der Waals surface area contributed by atoms with E-state index in [1.807, 2.05) is 35.1 Å². The summed E-state index contributed by atoms with van der Waals surface area (Å²) in [7, 11) is 0. The van der Waals surface area contributed by atoms with Crippen LogP contribution in [0.1, 0.15) is 44.4 Å². The first-order chi connectivity index (χ1) is 10.9. The van der Waals surface area contributed by atoms with Crippen LogP contribution in [0.3, 0.4) is 0 Å². The zero-order valence-electron chi connectivity index (χ0n) is 13.9. The molecule has 0 fully saturated rings. The monoisotopic (exact) mass is 313 g/mol. The number of ether oxygens (including phenoxy) is 1. The molecule has 1 aliphatic rings. The van der Waals surface area contributed by atoms with E-state index in [1.165, 1.54) is 5.56 Å². The molecule has 1 N–H and O–H groups in total. The minimum absolute atomic E-state index is 0.0779. The zero-order valence-corrected chi connectivity index (χ0v) is 13.9. The fraction of sp³-hybridized carbons (Fsp3) is 0.444. The molecule has 0 bridgehead atoms. The van der Waals surface area contributed by atoms with Crippen LogP contribution >= 0.6 is 0 Å². The van der Waals surface area contributed by atoms with Crippen molar-refractivity contribution in [2.24, 2.45) is 0 Å². The lowest BCUT2D eigenvalue weighted by Crippen LogP contribution is -2.24. The lowest BCUT2D eigenvalue weighted by molar-refractivity contribution is -0.119. The molecule has 0 saturated heterocycles. The van der Waals surface area contributed by atoms with Crippen molar-refractivity contribution in [1.29, 1.82) is 0 Å². The lowest BCUT2D eigenvalue weighted by Gasteiger charge is -2.25. The molecule has 2 heterocycles. The number of aromatic nitrogens is 2. The van der Waals surface area contributed by atoms with Crippen molar-refractivity contribution >= 4 is 11.7 Å². The molecule has 0 radical (unpaired) electrons. The molecule has 3 rings (SSSR count). The average molecular weight is 313 g/mol. The van der Waals surface area contributed by atoms with Crippen LogP contribution in [0.2, 0.25) is 0 Å². The van der Waals surface area contributed by atoms with Crippen molar-refractivity contribution in [2.75, 3.05) is 11.9 Å². The van der Waals surface area contributed by atoms with Crippen LogP contribution in [0.25, 0.3) is 0 Å². The molecule has 0 saturated carbocycles. The first-order valence-corrected chi connectivity index (χ1v) is 7.99. The van der Waals surface area contributed by atoms with Gasteiger partial charge in [-0.25, -0.2) is 0 Å². The van der Waals surface area contributed by atoms with Crippen LogP contribution in [0.5, 0.6) is 0 Å². The maximum atomic E-state index is 12.3. The highest BCUT2D eigenvalue weighted by atomic mass is 16.5. The Labute approximate surface area is 136 Å². The van der Waals surface area contributed by atoms with Gasteiger partial charge in [0.15, 0.2) is 5.82 Å². The van der Waals surface area contributed by atoms with E-state index >= 15 is 0 Å². The number of hydrogen-bond acceptors (Lipinski definition) is 3. The number of nitrogens with one attached hydrogen (secondary N) is 1. The minimum Gasteiger partial charge on any atom is -0.373 e. The van der Waals surface area contributed by atoms with Crippen molar-refractivity contribution in [2.45, 2.75) is 45.3 Å². The number of carbonyl (C=O) groups is 1. The summed E-state index contributed by atoms with van der Waals surface area (Å²) >= 11 is 0. The van der Waals surface area contributed by atoms with Gasteiger partial charge in [-0.1, -0.05) is 24.3 Å². The molecule has 5 nitrogen and oxygen atoms in total. The van der Waals surface area contributed by atoms with Crippen LogP contribution < -0.4 is 5.32 Å². The predicted octanol–water partition coefficient (Wildman–Crippen LogP) is 3.28. The molecule has 1 aromatic heterocycles. The Balaban J connectivity index is 1.65. The summed E-state index contributed by atoms with van der Waals surface area (Å²) in [6.07, 6.45) is 2.91. The van der Waals surface area contributed by atoms with Crippen molar-refractivity contribution < 1.29 is 9.53 Å². The Hall–Kier alpha value is -2.14. The van der Waals surface area contributed by atoms with E-state index < -0.39 is 0 Å². The highest BCUT2D eigenvalue weighted by molar-refractivity contribution is 5.90. The summed E-state index contributed by atoms with van der Waals surface area (Å²) in [5, 5.41) is 7.26. The van der Waals surface area contributed by atoms with Crippen LogP contribution in [0.15, 0.2) is 36.5 Å². The number of anilines is 1. The number of benzene rings is 1. The second-order valence-corrected chi connectivity index (χ2v) is 6.88. The fourth-order valence-electron chi connectivity index (χ4n) is 2.77. The molecule has 5 heteroatoms. The summed E-state index contributed by atoms with van der Waals surface area (Å²) < 4.78 is 7.63. The van der Waals surface area contributed by atoms with E-state index in [1.54, 1.807) is 0 Å². The number of nitrogens with zero attached hydrogens (tertiary/aromatic N) is 2. The van der Waals surface area contributed by atoms with E-state index in [0.29, 0.717) is 18.8 Å². The Kier molecular flexibility index (Phi) is 4.22. The smallest absolute Gasteiger partial charge is 0.228 e. The number of fused-ring (bicyclic) bond motifs is 1. The van der Waals surface area contributed by atoms with Gasteiger partial charge in [-0.15, -0.1) is 0 Å². The topological polar surface area (TPSA) is 56.2 Å². The molecular formula is C18H23N3O2. The number of rotatable bonds is 3. The van der Waals surface area contributed by atoms with Gasteiger partial charge in [0.25, 0.3) is 0 Å². The van der Waals surface area contributed by atoms with Gasteiger partial charge in [-0.2, -0.15) is 5.10 Å². The average Bonchev–Trinajstić information content (AvgIpc) is 2.96. The maximum absolute atomic E-state index is 12.3. The van der Waals surface area contributed by atoms with Crippen molar-refractivity contribution in [3.63, 3.8) is 0 Å². The van der Waals surface area contributed by atoms with Gasteiger partial charge < -0.3 is 10.1 Å². The summed E-state index contributed by atoms with van der Waals surface area (Å²) in [5.41, 5.74) is 2.29. The van der Waals surface area contributed by atoms with Gasteiger partial charge in [-0.3, -0.25) is 9.48 Å². The van der Waals surface area contributed by atoms with Crippen LogP contribution in [-0.2, 0) is 21.5 Å². The molecule has 23 heavy (non-hydrogen) atoms. The van der Waals surface area contributed by atoms with E-state index in [2.05, 4.69) is 37.3 Å². The second-order valence-electron chi connectivity index (χ2n) is 6.88. The van der Waals surface area contributed by atoms with Crippen LogP contribution in [0.4, 0.5) is 5.82 Å². The van der Waals surface area contributed by atoms with Gasteiger partial charge >= 0.3 is 0 Å². The molecule has 1 atom stereocenters. The molecular weight excluding hydrogens is 290 g/mol. The van der Waals surface area contributed by atoms with Crippen LogP contribution in [-0.4, -0.2) is 22.3 Å². The largest absolute Gasteiger partial charge is 0.373 e. The first-order valence-electron chi connectivity index (χ1n) is 7.99. The number of carbonyl (C=O) groups excluding carboxylic acids is 1. The molecule has 1 amide bonds. The summed E-state index contributed by atoms with van der Waals surface area (Å²) in [5.74, 6) is 0.500. The summed E-state index contributed by atoms with van der Waals surface area (Å²) in [6.45, 7) is 6.86. The molecule has 0 spiro atoms. The third-order valence-corrected chi connectivity index (χ3v) is 4.01. The van der Waals surface area contributed by atoms with E-state index in [0.717, 1.165) is 12.0 Å². The van der Waals surface area contributed by atoms with Gasteiger partial charge in [0.1, 0.15) is 0 Å². The standard InChI is InChI=1S/C18H23N3O2/c1-18(2,3)21-10-8-16(20-21)19-17(22)12-15-14-7-5-4-6-13(14)9-11-23-15/h4-8,10,15H,9,11-12H2,1-3H3,(H,19,20,22)/t15-/m1/s1. The van der Waals surface area contributed by atoms with Gasteiger partial charge in [0.05, 0.1) is 24.7 Å². The third-order valence-electron chi connectivity index (χ3n) is 4.01. The van der Waals surface area contributed by atoms with Gasteiger partial charge in [-0.05, 0) is 38.3 Å². The maximum Gasteiger partial charge on any atom is 0.228 e. The fourth-order valence-corrected chi connectivity index (χ4v) is 2.77. The molecule has 122 valence electrons. The Bertz CT molecular complexity index is 700. The second kappa shape index (κ2) is 6.16. The van der Waals surface area contributed by atoms with Gasteiger partial charge in [0.2, 0.25) is 5.91 Å². The predicted molar refractivity (Wildman–Crippen MR) is 89.3 cm³/mol. The van der Waals surface area contributed by atoms with Crippen molar-refractivity contribution in [3.8, 4) is 0 Å². The Morgan fingerprint density at radius 3 is 2.87 bits per heavy atom. The zero-order chi connectivity index (χ0) is 16.4. The van der Waals surface area contributed by atoms with Crippen molar-refractivity contribution in [1.82, 2.24) is 9.78 Å². The Morgan fingerprint density at radius 2 is 2.13 bits per heavy atom. The minimum atomic E-state index is -0.176. The normalized spacial score (nSPS) is 17.6. The summed E-state index contributed by atoms with van der Waals surface area (Å²) in [6, 6.07) is 9.98.